The maximum atomic E-state index is 11.9. The highest BCUT2D eigenvalue weighted by Crippen LogP contribution is 2.17. The number of benzene rings is 1. The van der Waals surface area contributed by atoms with E-state index in [1.54, 1.807) is 24.3 Å². The molecule has 0 heterocycles. The summed E-state index contributed by atoms with van der Waals surface area (Å²) in [5, 5.41) is 11.4. The molecule has 0 radical (unpaired) electrons. The van der Waals surface area contributed by atoms with Crippen LogP contribution < -0.4 is 10.1 Å². The van der Waals surface area contributed by atoms with Crippen molar-refractivity contribution >= 4 is 24.4 Å². The number of ether oxygens (including phenoxy) is 1. The molecule has 0 aliphatic rings. The average Bonchev–Trinajstić information content (AvgIpc) is 2.38. The fourth-order valence-corrected chi connectivity index (χ4v) is 1.70. The monoisotopic (exact) mass is 269 g/mol. The Balaban J connectivity index is 2.68. The zero-order valence-corrected chi connectivity index (χ0v) is 10.8. The normalized spacial score (nSPS) is 11.9. The van der Waals surface area contributed by atoms with Crippen molar-refractivity contribution in [2.24, 2.45) is 0 Å². The van der Waals surface area contributed by atoms with E-state index in [0.29, 0.717) is 11.3 Å². The van der Waals surface area contributed by atoms with Crippen molar-refractivity contribution in [2.75, 3.05) is 19.4 Å². The van der Waals surface area contributed by atoms with Gasteiger partial charge in [0.25, 0.3) is 0 Å². The van der Waals surface area contributed by atoms with Crippen LogP contribution >= 0.6 is 12.6 Å². The number of methoxy groups -OCH3 is 1. The highest BCUT2D eigenvalue weighted by atomic mass is 32.1. The molecule has 0 bridgehead atoms. The standard InChI is InChI=1S/C12H15NO4S/c1-17-11-5-3-2-4-8(11)10(14)6-13-9(7-18)12(15)16/h2-5,9,13,18H,6-7H2,1H3,(H,15,16)/t9-/m1/s1. The predicted molar refractivity (Wildman–Crippen MR) is 70.6 cm³/mol. The molecule has 1 aromatic carbocycles. The van der Waals surface area contributed by atoms with Crippen LogP contribution in [0.3, 0.4) is 0 Å². The number of ketones is 1. The number of carboxylic acids is 1. The molecule has 0 saturated heterocycles. The summed E-state index contributed by atoms with van der Waals surface area (Å²) in [5.41, 5.74) is 0.427. The van der Waals surface area contributed by atoms with E-state index < -0.39 is 12.0 Å². The number of thiol groups is 1. The van der Waals surface area contributed by atoms with Crippen LogP contribution in [0.1, 0.15) is 10.4 Å². The largest absolute Gasteiger partial charge is 0.496 e. The number of para-hydroxylation sites is 1. The topological polar surface area (TPSA) is 75.6 Å². The smallest absolute Gasteiger partial charge is 0.321 e. The summed E-state index contributed by atoms with van der Waals surface area (Å²) >= 11 is 3.90. The van der Waals surface area contributed by atoms with E-state index in [2.05, 4.69) is 17.9 Å². The summed E-state index contributed by atoms with van der Waals surface area (Å²) in [6.07, 6.45) is 0. The number of carbonyl (C=O) groups is 2. The summed E-state index contributed by atoms with van der Waals surface area (Å²) < 4.78 is 5.07. The van der Waals surface area contributed by atoms with E-state index in [1.165, 1.54) is 7.11 Å². The fourth-order valence-electron chi connectivity index (χ4n) is 1.42. The Labute approximate surface area is 111 Å². The van der Waals surface area contributed by atoms with Crippen LogP contribution in [0.5, 0.6) is 5.75 Å². The lowest BCUT2D eigenvalue weighted by Crippen LogP contribution is -2.41. The Morgan fingerprint density at radius 2 is 2.11 bits per heavy atom. The van der Waals surface area contributed by atoms with Gasteiger partial charge in [0, 0.05) is 5.75 Å². The molecule has 1 rings (SSSR count). The third-order valence-corrected chi connectivity index (χ3v) is 2.76. The predicted octanol–water partition coefficient (Wildman–Crippen LogP) is 0.851. The van der Waals surface area contributed by atoms with Crippen molar-refractivity contribution in [3.05, 3.63) is 29.8 Å². The Morgan fingerprint density at radius 1 is 1.44 bits per heavy atom. The van der Waals surface area contributed by atoms with E-state index >= 15 is 0 Å². The summed E-state index contributed by atoms with van der Waals surface area (Å²) in [4.78, 5) is 22.7. The molecule has 2 N–H and O–H groups in total. The van der Waals surface area contributed by atoms with Gasteiger partial charge in [-0.1, -0.05) is 12.1 Å². The quantitative estimate of drug-likeness (QED) is 0.505. The number of hydrogen-bond donors (Lipinski definition) is 3. The number of carbonyl (C=O) groups excluding carboxylic acids is 1. The Bertz CT molecular complexity index is 436. The van der Waals surface area contributed by atoms with Crippen LogP contribution in [0.4, 0.5) is 0 Å². The number of aliphatic carboxylic acids is 1. The molecule has 5 nitrogen and oxygen atoms in total. The van der Waals surface area contributed by atoms with Gasteiger partial charge < -0.3 is 9.84 Å². The maximum absolute atomic E-state index is 11.9. The lowest BCUT2D eigenvalue weighted by atomic mass is 10.1. The van der Waals surface area contributed by atoms with Crippen molar-refractivity contribution in [1.82, 2.24) is 5.32 Å². The van der Waals surface area contributed by atoms with Gasteiger partial charge in [-0.3, -0.25) is 14.9 Å². The van der Waals surface area contributed by atoms with Gasteiger partial charge in [-0.2, -0.15) is 12.6 Å². The molecular formula is C12H15NO4S. The van der Waals surface area contributed by atoms with Crippen LogP contribution in [-0.2, 0) is 4.79 Å². The SMILES string of the molecule is COc1ccccc1C(=O)CN[C@H](CS)C(=O)O. The second-order valence-corrected chi connectivity index (χ2v) is 3.94. The van der Waals surface area contributed by atoms with Gasteiger partial charge in [0.2, 0.25) is 0 Å². The number of nitrogens with one attached hydrogen (secondary N) is 1. The number of carboxylic acid groups (broad SMARTS) is 1. The first kappa shape index (κ1) is 14.5. The lowest BCUT2D eigenvalue weighted by Gasteiger charge is -2.12. The molecule has 98 valence electrons. The van der Waals surface area contributed by atoms with Crippen molar-refractivity contribution in [2.45, 2.75) is 6.04 Å². The third kappa shape index (κ3) is 3.75. The van der Waals surface area contributed by atoms with Crippen LogP contribution in [0.25, 0.3) is 0 Å². The fraction of sp³-hybridized carbons (Fsp3) is 0.333. The number of hydrogen-bond acceptors (Lipinski definition) is 5. The van der Waals surface area contributed by atoms with E-state index in [4.69, 9.17) is 9.84 Å². The van der Waals surface area contributed by atoms with Crippen LogP contribution in [0.2, 0.25) is 0 Å². The first-order valence-corrected chi connectivity index (χ1v) is 5.96. The molecule has 1 aromatic rings. The molecule has 18 heavy (non-hydrogen) atoms. The Morgan fingerprint density at radius 3 is 2.67 bits per heavy atom. The molecule has 0 amide bonds. The van der Waals surface area contributed by atoms with Gasteiger partial charge in [-0.15, -0.1) is 0 Å². The minimum atomic E-state index is -1.03. The second-order valence-electron chi connectivity index (χ2n) is 3.58. The molecule has 1 atom stereocenters. The minimum absolute atomic E-state index is 0.0715. The lowest BCUT2D eigenvalue weighted by molar-refractivity contribution is -0.138. The molecule has 0 spiro atoms. The van der Waals surface area contributed by atoms with Crippen LogP contribution in [-0.4, -0.2) is 42.3 Å². The molecule has 0 saturated carbocycles. The molecular weight excluding hydrogens is 254 g/mol. The van der Waals surface area contributed by atoms with Gasteiger partial charge in [0.05, 0.1) is 19.2 Å². The van der Waals surface area contributed by atoms with Gasteiger partial charge in [-0.05, 0) is 12.1 Å². The molecule has 0 unspecified atom stereocenters. The second kappa shape index (κ2) is 7.03. The van der Waals surface area contributed by atoms with Crippen molar-refractivity contribution in [1.29, 1.82) is 0 Å². The molecule has 0 aliphatic carbocycles. The van der Waals surface area contributed by atoms with Crippen molar-refractivity contribution < 1.29 is 19.4 Å². The summed E-state index contributed by atoms with van der Waals surface area (Å²) in [6, 6.07) is 5.96. The Hall–Kier alpha value is -1.53. The van der Waals surface area contributed by atoms with E-state index in [0.717, 1.165) is 0 Å². The Kier molecular flexibility index (Phi) is 5.67. The van der Waals surface area contributed by atoms with Crippen molar-refractivity contribution in [3.63, 3.8) is 0 Å². The molecule has 0 aromatic heterocycles. The van der Waals surface area contributed by atoms with E-state index in [9.17, 15) is 9.59 Å². The first-order chi connectivity index (χ1) is 8.60. The third-order valence-electron chi connectivity index (χ3n) is 2.40. The minimum Gasteiger partial charge on any atom is -0.496 e. The summed E-state index contributed by atoms with van der Waals surface area (Å²) in [5.74, 6) is -0.658. The maximum Gasteiger partial charge on any atom is 0.321 e. The highest BCUT2D eigenvalue weighted by molar-refractivity contribution is 7.80. The zero-order valence-electron chi connectivity index (χ0n) is 9.92. The highest BCUT2D eigenvalue weighted by Gasteiger charge is 2.17. The number of Topliss-reactive ketones (excluding diaryl/α,β-unsaturated/α-hetero) is 1. The van der Waals surface area contributed by atoms with Crippen LogP contribution in [0, 0.1) is 0 Å². The summed E-state index contributed by atoms with van der Waals surface area (Å²) in [6.45, 7) is -0.0715. The van der Waals surface area contributed by atoms with Gasteiger partial charge in [-0.25, -0.2) is 0 Å². The molecule has 6 heteroatoms. The summed E-state index contributed by atoms with van der Waals surface area (Å²) in [7, 11) is 1.48. The first-order valence-electron chi connectivity index (χ1n) is 5.33. The van der Waals surface area contributed by atoms with Crippen molar-refractivity contribution in [3.8, 4) is 5.75 Å². The van der Waals surface area contributed by atoms with Gasteiger partial charge in [0.15, 0.2) is 5.78 Å². The average molecular weight is 269 g/mol. The van der Waals surface area contributed by atoms with Crippen LogP contribution in [0.15, 0.2) is 24.3 Å². The van der Waals surface area contributed by atoms with Gasteiger partial charge in [0.1, 0.15) is 11.8 Å². The van der Waals surface area contributed by atoms with E-state index in [1.807, 2.05) is 0 Å². The van der Waals surface area contributed by atoms with Gasteiger partial charge >= 0.3 is 5.97 Å². The molecule has 0 aliphatic heterocycles. The van der Waals surface area contributed by atoms with E-state index in [-0.39, 0.29) is 18.1 Å². The zero-order chi connectivity index (χ0) is 13.5. The molecule has 0 fully saturated rings. The number of rotatable bonds is 7.